The molecule has 0 aromatic carbocycles. The first kappa shape index (κ1) is 13.8. The Balaban J connectivity index is 2.65. The van der Waals surface area contributed by atoms with E-state index in [1.807, 2.05) is 0 Å². The summed E-state index contributed by atoms with van der Waals surface area (Å²) >= 11 is 0. The Hall–Kier alpha value is -1.29. The van der Waals surface area contributed by atoms with Crippen LogP contribution in [-0.4, -0.2) is 23.3 Å². The lowest BCUT2D eigenvalue weighted by Crippen LogP contribution is -2.31. The zero-order valence-electron chi connectivity index (χ0n) is 11.3. The molecule has 4 nitrogen and oxygen atoms in total. The molecule has 0 saturated heterocycles. The van der Waals surface area contributed by atoms with Crippen molar-refractivity contribution in [3.05, 3.63) is 28.7 Å². The third-order valence-corrected chi connectivity index (χ3v) is 2.85. The van der Waals surface area contributed by atoms with Crippen molar-refractivity contribution in [1.82, 2.24) is 4.57 Å². The fourth-order valence-electron chi connectivity index (χ4n) is 1.84. The van der Waals surface area contributed by atoms with Crippen molar-refractivity contribution in [2.75, 3.05) is 12.4 Å². The molecular formula is C13H22N2O2. The highest BCUT2D eigenvalue weighted by Crippen LogP contribution is 2.17. The molecule has 0 aliphatic heterocycles. The minimum Gasteiger partial charge on any atom is -0.381 e. The number of methoxy groups -OCH3 is 1. The highest BCUT2D eigenvalue weighted by atomic mass is 16.5. The van der Waals surface area contributed by atoms with Crippen LogP contribution in [0.5, 0.6) is 0 Å². The summed E-state index contributed by atoms with van der Waals surface area (Å²) in [6.07, 6.45) is 2.70. The van der Waals surface area contributed by atoms with Gasteiger partial charge in [0.1, 0.15) is 0 Å². The Labute approximate surface area is 103 Å². The molecular weight excluding hydrogens is 216 g/mol. The van der Waals surface area contributed by atoms with Crippen LogP contribution < -0.4 is 10.9 Å². The number of anilines is 1. The fraction of sp³-hybridized carbons (Fsp3) is 0.615. The van der Waals surface area contributed by atoms with Gasteiger partial charge in [0.2, 0.25) is 5.56 Å². The Morgan fingerprint density at radius 3 is 2.65 bits per heavy atom. The van der Waals surface area contributed by atoms with Crippen molar-refractivity contribution < 1.29 is 4.74 Å². The average molecular weight is 238 g/mol. The predicted octanol–water partition coefficient (Wildman–Crippen LogP) is 2.00. The van der Waals surface area contributed by atoms with E-state index in [-0.39, 0.29) is 17.2 Å². The maximum Gasteiger partial charge on any atom is 0.250 e. The van der Waals surface area contributed by atoms with E-state index in [9.17, 15) is 4.79 Å². The molecule has 96 valence electrons. The van der Waals surface area contributed by atoms with Gasteiger partial charge < -0.3 is 14.6 Å². The second-order valence-electron chi connectivity index (χ2n) is 5.08. The topological polar surface area (TPSA) is 43.3 Å². The molecule has 1 aromatic heterocycles. The van der Waals surface area contributed by atoms with Gasteiger partial charge >= 0.3 is 0 Å². The lowest BCUT2D eigenvalue weighted by Gasteiger charge is -2.27. The van der Waals surface area contributed by atoms with Crippen LogP contribution in [0.4, 0.5) is 5.69 Å². The summed E-state index contributed by atoms with van der Waals surface area (Å²) in [6.45, 7) is 6.23. The monoisotopic (exact) mass is 238 g/mol. The largest absolute Gasteiger partial charge is 0.381 e. The molecule has 0 aliphatic carbocycles. The maximum atomic E-state index is 11.2. The molecule has 0 bridgehead atoms. The fourth-order valence-corrected chi connectivity index (χ4v) is 1.84. The number of aromatic nitrogens is 1. The van der Waals surface area contributed by atoms with Gasteiger partial charge in [-0.2, -0.15) is 0 Å². The number of hydrogen-bond acceptors (Lipinski definition) is 3. The zero-order chi connectivity index (χ0) is 13.1. The summed E-state index contributed by atoms with van der Waals surface area (Å²) < 4.78 is 6.96. The molecule has 0 fully saturated rings. The number of nitrogens with zero attached hydrogens (tertiary/aromatic N) is 1. The van der Waals surface area contributed by atoms with Gasteiger partial charge in [-0.3, -0.25) is 4.79 Å². The van der Waals surface area contributed by atoms with E-state index in [2.05, 4.69) is 26.1 Å². The van der Waals surface area contributed by atoms with Gasteiger partial charge in [0.15, 0.2) is 0 Å². The quantitative estimate of drug-likeness (QED) is 0.853. The SMILES string of the molecule is COC(C)(C)CC(C)Nc1ccc(=O)n(C)c1. The maximum absolute atomic E-state index is 11.2. The van der Waals surface area contributed by atoms with Crippen LogP contribution in [-0.2, 0) is 11.8 Å². The van der Waals surface area contributed by atoms with Crippen molar-refractivity contribution in [2.45, 2.75) is 38.8 Å². The zero-order valence-corrected chi connectivity index (χ0v) is 11.3. The Kier molecular flexibility index (Phi) is 4.34. The van der Waals surface area contributed by atoms with E-state index in [1.54, 1.807) is 37.1 Å². The molecule has 0 radical (unpaired) electrons. The van der Waals surface area contributed by atoms with Crippen molar-refractivity contribution in [1.29, 1.82) is 0 Å². The van der Waals surface area contributed by atoms with Crippen molar-refractivity contribution >= 4 is 5.69 Å². The Morgan fingerprint density at radius 1 is 1.47 bits per heavy atom. The van der Waals surface area contributed by atoms with Gasteiger partial charge in [-0.05, 0) is 33.3 Å². The van der Waals surface area contributed by atoms with Crippen LogP contribution in [0.3, 0.4) is 0 Å². The van der Waals surface area contributed by atoms with Crippen molar-refractivity contribution in [2.24, 2.45) is 7.05 Å². The van der Waals surface area contributed by atoms with Gasteiger partial charge in [0.25, 0.3) is 0 Å². The summed E-state index contributed by atoms with van der Waals surface area (Å²) in [5, 5.41) is 3.36. The number of hydrogen-bond donors (Lipinski definition) is 1. The molecule has 0 aliphatic rings. The molecule has 1 aromatic rings. The Morgan fingerprint density at radius 2 is 2.12 bits per heavy atom. The minimum absolute atomic E-state index is 0.000393. The van der Waals surface area contributed by atoms with Gasteiger partial charge in [-0.1, -0.05) is 0 Å². The van der Waals surface area contributed by atoms with E-state index >= 15 is 0 Å². The summed E-state index contributed by atoms with van der Waals surface area (Å²) in [4.78, 5) is 11.2. The minimum atomic E-state index is -0.146. The summed E-state index contributed by atoms with van der Waals surface area (Å²) in [7, 11) is 3.47. The van der Waals surface area contributed by atoms with Gasteiger partial charge in [-0.15, -0.1) is 0 Å². The normalized spacial score (nSPS) is 13.5. The molecule has 1 N–H and O–H groups in total. The number of rotatable bonds is 5. The molecule has 0 spiro atoms. The van der Waals surface area contributed by atoms with Gasteiger partial charge in [0, 0.05) is 32.5 Å². The number of ether oxygens (including phenoxy) is 1. The van der Waals surface area contributed by atoms with Gasteiger partial charge in [-0.25, -0.2) is 0 Å². The van der Waals surface area contributed by atoms with E-state index < -0.39 is 0 Å². The second kappa shape index (κ2) is 5.36. The molecule has 1 rings (SSSR count). The molecule has 1 heterocycles. The molecule has 0 saturated carbocycles. The van der Waals surface area contributed by atoms with Crippen molar-refractivity contribution in [3.63, 3.8) is 0 Å². The Bertz CT molecular complexity index is 424. The number of pyridine rings is 1. The third kappa shape index (κ3) is 4.23. The number of aryl methyl sites for hydroxylation is 1. The number of nitrogens with one attached hydrogen (secondary N) is 1. The van der Waals surface area contributed by atoms with E-state index in [4.69, 9.17) is 4.74 Å². The van der Waals surface area contributed by atoms with Gasteiger partial charge in [0.05, 0.1) is 11.3 Å². The standard InChI is InChI=1S/C13H22N2O2/c1-10(8-13(2,3)17-5)14-11-6-7-12(16)15(4)9-11/h6-7,9-10,14H,8H2,1-5H3. The molecule has 4 heteroatoms. The van der Waals surface area contributed by atoms with E-state index in [0.717, 1.165) is 12.1 Å². The predicted molar refractivity (Wildman–Crippen MR) is 70.5 cm³/mol. The highest BCUT2D eigenvalue weighted by Gasteiger charge is 2.19. The first-order chi connectivity index (χ1) is 7.84. The lowest BCUT2D eigenvalue weighted by molar-refractivity contribution is 0.0128. The van der Waals surface area contributed by atoms with Crippen LogP contribution in [0, 0.1) is 0 Å². The third-order valence-electron chi connectivity index (χ3n) is 2.85. The van der Waals surface area contributed by atoms with Crippen LogP contribution in [0.2, 0.25) is 0 Å². The molecule has 1 unspecified atom stereocenters. The smallest absolute Gasteiger partial charge is 0.250 e. The summed E-state index contributed by atoms with van der Waals surface area (Å²) in [6, 6.07) is 3.65. The van der Waals surface area contributed by atoms with Crippen molar-refractivity contribution in [3.8, 4) is 0 Å². The highest BCUT2D eigenvalue weighted by molar-refractivity contribution is 5.41. The van der Waals surface area contributed by atoms with Crippen LogP contribution >= 0.6 is 0 Å². The molecule has 1 atom stereocenters. The van der Waals surface area contributed by atoms with E-state index in [0.29, 0.717) is 0 Å². The molecule has 0 amide bonds. The van der Waals surface area contributed by atoms with E-state index in [1.165, 1.54) is 0 Å². The first-order valence-electron chi connectivity index (χ1n) is 5.82. The average Bonchev–Trinajstić information content (AvgIpc) is 2.23. The second-order valence-corrected chi connectivity index (χ2v) is 5.08. The van der Waals surface area contributed by atoms with Crippen LogP contribution in [0.15, 0.2) is 23.1 Å². The summed E-state index contributed by atoms with van der Waals surface area (Å²) in [5.74, 6) is 0. The summed E-state index contributed by atoms with van der Waals surface area (Å²) in [5.41, 5.74) is 0.805. The van der Waals surface area contributed by atoms with Crippen LogP contribution in [0.1, 0.15) is 27.2 Å². The lowest BCUT2D eigenvalue weighted by atomic mass is 10.00. The molecule has 17 heavy (non-hydrogen) atoms. The van der Waals surface area contributed by atoms with Crippen LogP contribution in [0.25, 0.3) is 0 Å². The first-order valence-corrected chi connectivity index (χ1v) is 5.82.